The van der Waals surface area contributed by atoms with Crippen LogP contribution < -0.4 is 5.32 Å². The second-order valence-electron chi connectivity index (χ2n) is 7.20. The van der Waals surface area contributed by atoms with Crippen LogP contribution in [0.2, 0.25) is 0 Å². The summed E-state index contributed by atoms with van der Waals surface area (Å²) in [6, 6.07) is 1.78. The van der Waals surface area contributed by atoms with E-state index < -0.39 is 9.84 Å². The molecule has 1 amide bonds. The molecule has 1 saturated heterocycles. The molecule has 3 aliphatic rings. The molecule has 1 aromatic rings. The van der Waals surface area contributed by atoms with Crippen LogP contribution in [0.1, 0.15) is 56.2 Å². The number of carbonyl (C=O) groups excluding carboxylic acids is 1. The summed E-state index contributed by atoms with van der Waals surface area (Å²) in [5.41, 5.74) is 0.984. The van der Waals surface area contributed by atoms with Gasteiger partial charge in [-0.3, -0.25) is 4.79 Å². The van der Waals surface area contributed by atoms with Gasteiger partial charge in [-0.2, -0.15) is 5.10 Å². The molecule has 2 fully saturated rings. The van der Waals surface area contributed by atoms with E-state index in [0.29, 0.717) is 18.2 Å². The fourth-order valence-corrected chi connectivity index (χ4v) is 5.28. The second-order valence-corrected chi connectivity index (χ2v) is 9.43. The van der Waals surface area contributed by atoms with E-state index in [-0.39, 0.29) is 29.4 Å². The van der Waals surface area contributed by atoms with Crippen molar-refractivity contribution in [1.82, 2.24) is 9.78 Å². The average molecular weight is 349 g/mol. The third-order valence-electron chi connectivity index (χ3n) is 5.20. The van der Waals surface area contributed by atoms with E-state index in [0.717, 1.165) is 37.8 Å². The molecular weight excluding hydrogens is 326 g/mol. The number of hydrogen-bond acceptors (Lipinski definition) is 4. The molecule has 0 bridgehead atoms. The van der Waals surface area contributed by atoms with Crippen molar-refractivity contribution in [2.24, 2.45) is 5.92 Å². The number of allylic oxidation sites excluding steroid dienone is 2. The molecule has 0 spiro atoms. The van der Waals surface area contributed by atoms with Gasteiger partial charge in [-0.15, -0.1) is 0 Å². The number of aromatic nitrogens is 2. The van der Waals surface area contributed by atoms with Crippen LogP contribution in [0.25, 0.3) is 0 Å². The Bertz CT molecular complexity index is 777. The lowest BCUT2D eigenvalue weighted by molar-refractivity contribution is -0.120. The van der Waals surface area contributed by atoms with Gasteiger partial charge in [0.25, 0.3) is 0 Å². The zero-order valence-electron chi connectivity index (χ0n) is 13.6. The molecule has 6 nitrogen and oxygen atoms in total. The van der Waals surface area contributed by atoms with Crippen LogP contribution in [-0.2, 0) is 14.6 Å². The van der Waals surface area contributed by atoms with E-state index in [9.17, 15) is 13.2 Å². The first-order chi connectivity index (χ1) is 11.5. The van der Waals surface area contributed by atoms with Gasteiger partial charge < -0.3 is 5.32 Å². The third kappa shape index (κ3) is 3.27. The molecule has 7 heteroatoms. The quantitative estimate of drug-likeness (QED) is 0.847. The first-order valence-electron chi connectivity index (χ1n) is 8.77. The van der Waals surface area contributed by atoms with E-state index >= 15 is 0 Å². The van der Waals surface area contributed by atoms with Crippen LogP contribution >= 0.6 is 0 Å². The normalized spacial score (nSPS) is 28.8. The molecule has 0 aromatic carbocycles. The molecule has 0 unspecified atom stereocenters. The molecule has 1 aliphatic heterocycles. The van der Waals surface area contributed by atoms with Crippen molar-refractivity contribution < 1.29 is 13.2 Å². The summed E-state index contributed by atoms with van der Waals surface area (Å²) >= 11 is 0. The number of carbonyl (C=O) groups is 1. The first-order valence-corrected chi connectivity index (χ1v) is 10.6. The number of sulfone groups is 1. The lowest BCUT2D eigenvalue weighted by atomic mass is 9.94. The molecule has 4 rings (SSSR count). The van der Waals surface area contributed by atoms with Gasteiger partial charge in [-0.25, -0.2) is 13.1 Å². The Labute approximate surface area is 142 Å². The summed E-state index contributed by atoms with van der Waals surface area (Å²) in [5.74, 6) is 1.47. The molecule has 1 saturated carbocycles. The van der Waals surface area contributed by atoms with Gasteiger partial charge in [0.15, 0.2) is 9.84 Å². The lowest BCUT2D eigenvalue weighted by Crippen LogP contribution is -2.26. The Morgan fingerprint density at radius 1 is 1.21 bits per heavy atom. The SMILES string of the molecule is O=C(Nc1cc(C2CC2)nn1[C@@H]1CCS(=O)(=O)C1)[C@H]1CC=CCC1. The van der Waals surface area contributed by atoms with Crippen LogP contribution in [0.5, 0.6) is 0 Å². The molecule has 2 atom stereocenters. The molecule has 1 aromatic heterocycles. The summed E-state index contributed by atoms with van der Waals surface area (Å²) < 4.78 is 25.4. The fraction of sp³-hybridized carbons (Fsp3) is 0.647. The van der Waals surface area contributed by atoms with Gasteiger partial charge >= 0.3 is 0 Å². The van der Waals surface area contributed by atoms with Gasteiger partial charge in [0.2, 0.25) is 5.91 Å². The van der Waals surface area contributed by atoms with Crippen molar-refractivity contribution in [2.75, 3.05) is 16.8 Å². The van der Waals surface area contributed by atoms with Gasteiger partial charge in [0, 0.05) is 17.9 Å². The monoisotopic (exact) mass is 349 g/mol. The zero-order valence-corrected chi connectivity index (χ0v) is 14.5. The summed E-state index contributed by atoms with van der Waals surface area (Å²) in [5, 5.41) is 7.66. The van der Waals surface area contributed by atoms with E-state index in [1.54, 1.807) is 4.68 Å². The standard InChI is InChI=1S/C17H23N3O3S/c21-17(13-4-2-1-3-5-13)18-16-10-15(12-6-7-12)19-20(16)14-8-9-24(22,23)11-14/h1-2,10,12-14H,3-9,11H2,(H,18,21)/t13-,14+/m0/s1. The molecule has 0 radical (unpaired) electrons. The smallest absolute Gasteiger partial charge is 0.228 e. The summed E-state index contributed by atoms with van der Waals surface area (Å²) in [6.07, 6.45) is 9.57. The highest BCUT2D eigenvalue weighted by Gasteiger charge is 2.34. The third-order valence-corrected chi connectivity index (χ3v) is 6.95. The Balaban J connectivity index is 1.56. The molecule has 2 aliphatic carbocycles. The lowest BCUT2D eigenvalue weighted by Gasteiger charge is -2.19. The molecule has 24 heavy (non-hydrogen) atoms. The number of anilines is 1. The van der Waals surface area contributed by atoms with Crippen molar-refractivity contribution in [1.29, 1.82) is 0 Å². The van der Waals surface area contributed by atoms with Crippen LogP contribution in [0.3, 0.4) is 0 Å². The van der Waals surface area contributed by atoms with Crippen molar-refractivity contribution >= 4 is 21.6 Å². The number of hydrogen-bond donors (Lipinski definition) is 1. The van der Waals surface area contributed by atoms with Crippen molar-refractivity contribution in [3.05, 3.63) is 23.9 Å². The highest BCUT2D eigenvalue weighted by Crippen LogP contribution is 2.41. The Morgan fingerprint density at radius 2 is 2.04 bits per heavy atom. The van der Waals surface area contributed by atoms with Crippen molar-refractivity contribution in [3.8, 4) is 0 Å². The second kappa shape index (κ2) is 6.02. The van der Waals surface area contributed by atoms with Crippen molar-refractivity contribution in [2.45, 2.75) is 50.5 Å². The fourth-order valence-electron chi connectivity index (χ4n) is 3.59. The van der Waals surface area contributed by atoms with E-state index in [2.05, 4.69) is 22.6 Å². The molecule has 1 N–H and O–H groups in total. The Morgan fingerprint density at radius 3 is 2.67 bits per heavy atom. The minimum atomic E-state index is -2.99. The predicted octanol–water partition coefficient (Wildman–Crippen LogP) is 2.41. The van der Waals surface area contributed by atoms with E-state index in [1.165, 1.54) is 0 Å². The van der Waals surface area contributed by atoms with E-state index in [4.69, 9.17) is 0 Å². The number of rotatable bonds is 4. The zero-order chi connectivity index (χ0) is 16.7. The highest BCUT2D eigenvalue weighted by atomic mass is 32.2. The predicted molar refractivity (Wildman–Crippen MR) is 91.6 cm³/mol. The average Bonchev–Trinajstić information content (AvgIpc) is 3.24. The summed E-state index contributed by atoms with van der Waals surface area (Å²) in [4.78, 5) is 12.6. The van der Waals surface area contributed by atoms with Gasteiger partial charge in [0.1, 0.15) is 5.82 Å². The minimum absolute atomic E-state index is 0.00460. The van der Waals surface area contributed by atoms with Gasteiger partial charge in [-0.05, 0) is 38.5 Å². The van der Waals surface area contributed by atoms with Crippen LogP contribution in [0, 0.1) is 5.92 Å². The summed E-state index contributed by atoms with van der Waals surface area (Å²) in [6.45, 7) is 0. The number of amides is 1. The van der Waals surface area contributed by atoms with Gasteiger partial charge in [0.05, 0.1) is 23.2 Å². The van der Waals surface area contributed by atoms with Crippen molar-refractivity contribution in [3.63, 3.8) is 0 Å². The highest BCUT2D eigenvalue weighted by molar-refractivity contribution is 7.91. The maximum atomic E-state index is 12.6. The van der Waals surface area contributed by atoms with Crippen LogP contribution in [0.15, 0.2) is 18.2 Å². The Kier molecular flexibility index (Phi) is 3.98. The molecule has 130 valence electrons. The number of nitrogens with zero attached hydrogens (tertiary/aromatic N) is 2. The van der Waals surface area contributed by atoms with E-state index in [1.807, 2.05) is 6.07 Å². The van der Waals surface area contributed by atoms with Crippen LogP contribution in [0.4, 0.5) is 5.82 Å². The topological polar surface area (TPSA) is 81.1 Å². The molecular formula is C17H23N3O3S. The minimum Gasteiger partial charge on any atom is -0.311 e. The molecule has 2 heterocycles. The maximum absolute atomic E-state index is 12.6. The van der Waals surface area contributed by atoms with Gasteiger partial charge in [-0.1, -0.05) is 12.2 Å². The van der Waals surface area contributed by atoms with Crippen LogP contribution in [-0.4, -0.2) is 35.6 Å². The first kappa shape index (κ1) is 15.9. The Hall–Kier alpha value is -1.63. The number of nitrogens with one attached hydrogen (secondary N) is 1. The largest absolute Gasteiger partial charge is 0.311 e. The summed E-state index contributed by atoms with van der Waals surface area (Å²) in [7, 11) is -2.99. The maximum Gasteiger partial charge on any atom is 0.228 e.